The zero-order valence-corrected chi connectivity index (χ0v) is 6.14. The van der Waals surface area contributed by atoms with Crippen LogP contribution < -0.4 is 0 Å². The molecule has 0 aromatic heterocycles. The molecule has 0 fully saturated rings. The number of rotatable bonds is 2. The van der Waals surface area contributed by atoms with Gasteiger partial charge in [-0.3, -0.25) is 0 Å². The van der Waals surface area contributed by atoms with Crippen molar-refractivity contribution in [2.24, 2.45) is 0 Å². The van der Waals surface area contributed by atoms with E-state index in [1.54, 1.807) is 0 Å². The van der Waals surface area contributed by atoms with E-state index in [0.29, 0.717) is 0 Å². The second-order valence-electron chi connectivity index (χ2n) is 0.816. The zero-order chi connectivity index (χ0) is 6.78. The number of halogens is 3. The van der Waals surface area contributed by atoms with Crippen molar-refractivity contribution in [3.05, 3.63) is 0 Å². The second kappa shape index (κ2) is 4.95. The van der Waals surface area contributed by atoms with E-state index >= 15 is 0 Å². The summed E-state index contributed by atoms with van der Waals surface area (Å²) in [4.78, 5) is 0. The minimum Gasteiger partial charge on any atom is -0.191 e. The SMILES string of the molecule is O=S(=O)(OF)C(F)F.[Yb]. The van der Waals surface area contributed by atoms with Crippen LogP contribution >= 0.6 is 0 Å². The summed E-state index contributed by atoms with van der Waals surface area (Å²) in [6.07, 6.45) is 0. The van der Waals surface area contributed by atoms with Crippen LogP contribution in [0.2, 0.25) is 0 Å². The molecule has 0 atom stereocenters. The third-order valence-electron chi connectivity index (χ3n) is 0.306. The molecule has 0 amide bonds. The molecular formula is CHF3O3SYb. The Kier molecular flexibility index (Phi) is 7.07. The summed E-state index contributed by atoms with van der Waals surface area (Å²) < 4.78 is 52.8. The number of hydrogen-bond acceptors (Lipinski definition) is 3. The maximum absolute atomic E-state index is 10.9. The van der Waals surface area contributed by atoms with Crippen LogP contribution in [0.15, 0.2) is 0 Å². The maximum Gasteiger partial charge on any atom is 0.363 e. The Hall–Kier alpha value is 1.22. The Bertz CT molecular complexity index is 152. The second-order valence-corrected chi connectivity index (χ2v) is 2.28. The molecule has 3 nitrogen and oxygen atoms in total. The normalized spacial score (nSPS) is 11.1. The fraction of sp³-hybridized carbons (Fsp3) is 1.00. The van der Waals surface area contributed by atoms with E-state index in [1.807, 2.05) is 4.39 Å². The summed E-state index contributed by atoms with van der Waals surface area (Å²) in [5, 5.41) is 0. The Labute approximate surface area is 87.8 Å². The van der Waals surface area contributed by atoms with Crippen molar-refractivity contribution in [2.45, 2.75) is 5.76 Å². The van der Waals surface area contributed by atoms with Gasteiger partial charge in [0.15, 0.2) is 0 Å². The minimum absolute atomic E-state index is 0. The summed E-state index contributed by atoms with van der Waals surface area (Å²) >= 11 is 0. The minimum atomic E-state index is -5.24. The van der Waals surface area contributed by atoms with Gasteiger partial charge in [-0.15, -0.1) is 0 Å². The molecule has 0 N–H and O–H groups in total. The van der Waals surface area contributed by atoms with Gasteiger partial charge in [0.2, 0.25) is 0 Å². The van der Waals surface area contributed by atoms with Crippen molar-refractivity contribution in [3.63, 3.8) is 0 Å². The van der Waals surface area contributed by atoms with E-state index in [2.05, 4.69) is 0 Å². The summed E-state index contributed by atoms with van der Waals surface area (Å²) in [7, 11) is -5.24. The molecule has 8 heteroatoms. The third-order valence-corrected chi connectivity index (χ3v) is 0.918. The van der Waals surface area contributed by atoms with Gasteiger partial charge in [-0.1, -0.05) is 4.39 Å². The number of hydrogen-bond donors (Lipinski definition) is 0. The third kappa shape index (κ3) is 4.60. The first-order valence-corrected chi connectivity index (χ1v) is 2.80. The first-order chi connectivity index (χ1) is 3.50. The van der Waals surface area contributed by atoms with Crippen molar-refractivity contribution in [1.29, 1.82) is 0 Å². The fourth-order valence-electron chi connectivity index (χ4n) is 0.0275. The van der Waals surface area contributed by atoms with Gasteiger partial charge in [0.05, 0.1) is 0 Å². The molecule has 0 aliphatic carbocycles. The average Bonchev–Trinajstić information content (AvgIpc) is 1.67. The summed E-state index contributed by atoms with van der Waals surface area (Å²) in [5.74, 6) is -3.81. The molecule has 9 heavy (non-hydrogen) atoms. The smallest absolute Gasteiger partial charge is 0.191 e. The van der Waals surface area contributed by atoms with Crippen LogP contribution in [0.5, 0.6) is 0 Å². The van der Waals surface area contributed by atoms with Crippen molar-refractivity contribution >= 4 is 10.1 Å². The van der Waals surface area contributed by atoms with E-state index in [-0.39, 0.29) is 46.9 Å². The summed E-state index contributed by atoms with van der Waals surface area (Å²) in [6.45, 7) is 0. The van der Waals surface area contributed by atoms with Crippen LogP contribution in [0.1, 0.15) is 0 Å². The largest absolute Gasteiger partial charge is 0.363 e. The predicted octanol–water partition coefficient (Wildman–Crippen LogP) is 0.440. The van der Waals surface area contributed by atoms with Crippen LogP contribution in [-0.4, -0.2) is 14.2 Å². The molecule has 0 aromatic carbocycles. The molecule has 64 valence electrons. The molecule has 0 rings (SSSR count). The van der Waals surface area contributed by atoms with Crippen molar-refractivity contribution < 1.29 is 73.0 Å². The zero-order valence-electron chi connectivity index (χ0n) is 3.61. The Morgan fingerprint density at radius 3 is 1.67 bits per heavy atom. The fourth-order valence-corrected chi connectivity index (χ4v) is 0.0825. The van der Waals surface area contributed by atoms with Gasteiger partial charge in [0, 0.05) is 46.9 Å². The van der Waals surface area contributed by atoms with Crippen LogP contribution in [0.25, 0.3) is 0 Å². The average molecular weight is 323 g/mol. The molecule has 0 radical (unpaired) electrons. The van der Waals surface area contributed by atoms with Crippen molar-refractivity contribution in [1.82, 2.24) is 0 Å². The van der Waals surface area contributed by atoms with Crippen LogP contribution in [0, 0.1) is 46.9 Å². The monoisotopic (exact) mass is 324 g/mol. The van der Waals surface area contributed by atoms with Gasteiger partial charge in [-0.25, -0.2) is 0 Å². The molecule has 0 aliphatic heterocycles. The predicted molar refractivity (Wildman–Crippen MR) is 17.1 cm³/mol. The molecule has 0 saturated carbocycles. The van der Waals surface area contributed by atoms with Gasteiger partial charge in [0.25, 0.3) is 0 Å². The van der Waals surface area contributed by atoms with Gasteiger partial charge in [-0.2, -0.15) is 17.2 Å². The van der Waals surface area contributed by atoms with Gasteiger partial charge in [-0.05, 0) is 4.53 Å². The first-order valence-electron chi connectivity index (χ1n) is 1.33. The van der Waals surface area contributed by atoms with Crippen molar-refractivity contribution in [3.8, 4) is 0 Å². The molecule has 0 spiro atoms. The Morgan fingerprint density at radius 1 is 1.33 bits per heavy atom. The molecule has 0 aliphatic rings. The van der Waals surface area contributed by atoms with Gasteiger partial charge < -0.3 is 0 Å². The van der Waals surface area contributed by atoms with E-state index in [4.69, 9.17) is 0 Å². The van der Waals surface area contributed by atoms with Gasteiger partial charge >= 0.3 is 15.9 Å². The van der Waals surface area contributed by atoms with Crippen LogP contribution in [-0.2, 0) is 14.5 Å². The van der Waals surface area contributed by atoms with E-state index < -0.39 is 15.9 Å². The standard InChI is InChI=1S/CHF3O3S.Yb/c2-1(3)8(5,6)7-4;/h1H;. The van der Waals surface area contributed by atoms with Crippen LogP contribution in [0.4, 0.5) is 13.3 Å². The Morgan fingerprint density at radius 2 is 1.67 bits per heavy atom. The molecule has 0 heterocycles. The summed E-state index contributed by atoms with van der Waals surface area (Å²) in [5.41, 5.74) is 0. The molecular weight excluding hydrogens is 322 g/mol. The number of alkyl halides is 2. The van der Waals surface area contributed by atoms with E-state index in [1.165, 1.54) is 0 Å². The van der Waals surface area contributed by atoms with Crippen molar-refractivity contribution in [2.75, 3.05) is 0 Å². The Balaban J connectivity index is 0. The molecule has 0 unspecified atom stereocenters. The first kappa shape index (κ1) is 12.9. The summed E-state index contributed by atoms with van der Waals surface area (Å²) in [6, 6.07) is 0. The van der Waals surface area contributed by atoms with Crippen LogP contribution in [0.3, 0.4) is 0 Å². The molecule has 0 aromatic rings. The molecule has 0 saturated heterocycles. The van der Waals surface area contributed by atoms with E-state index in [0.717, 1.165) is 0 Å². The topological polar surface area (TPSA) is 43.4 Å². The van der Waals surface area contributed by atoms with Gasteiger partial charge in [0.1, 0.15) is 0 Å². The molecule has 0 bridgehead atoms. The van der Waals surface area contributed by atoms with E-state index in [9.17, 15) is 21.7 Å². The maximum atomic E-state index is 10.9. The quantitative estimate of drug-likeness (QED) is 0.741.